The average Bonchev–Trinajstić information content (AvgIpc) is 3.19. The first kappa shape index (κ1) is 14.1. The normalized spacial score (nSPS) is 18.2. The number of nitrogens with two attached hydrogens (primary N) is 1. The number of hydrogen-bond donors (Lipinski definition) is 2. The van der Waals surface area contributed by atoms with Crippen LogP contribution in [0, 0.1) is 5.41 Å². The minimum atomic E-state index is -0.272. The van der Waals surface area contributed by atoms with Crippen molar-refractivity contribution in [2.24, 2.45) is 11.1 Å². The predicted octanol–water partition coefficient (Wildman–Crippen LogP) is 2.73. The Bertz CT molecular complexity index is 446. The molecule has 0 radical (unpaired) electrons. The number of hydrogen-bond acceptors (Lipinski definition) is 2. The summed E-state index contributed by atoms with van der Waals surface area (Å²) in [6.45, 7) is 6.84. The van der Waals surface area contributed by atoms with E-state index < -0.39 is 0 Å². The molecule has 1 amide bonds. The zero-order valence-corrected chi connectivity index (χ0v) is 12.1. The fourth-order valence-corrected chi connectivity index (χ4v) is 2.28. The molecule has 2 rings (SSSR count). The van der Waals surface area contributed by atoms with Crippen LogP contribution in [0.3, 0.4) is 0 Å². The third kappa shape index (κ3) is 2.98. The van der Waals surface area contributed by atoms with E-state index in [9.17, 15) is 4.79 Å². The minimum Gasteiger partial charge on any atom is -0.349 e. The third-order valence-corrected chi connectivity index (χ3v) is 4.18. The van der Waals surface area contributed by atoms with E-state index in [-0.39, 0.29) is 17.4 Å². The molecule has 3 N–H and O–H groups in total. The number of amides is 1. The highest BCUT2D eigenvalue weighted by Gasteiger charge is 2.48. The molecule has 1 atom stereocenters. The Labute approximate surface area is 115 Å². The van der Waals surface area contributed by atoms with Gasteiger partial charge in [0.05, 0.1) is 11.5 Å². The highest BCUT2D eigenvalue weighted by Crippen LogP contribution is 2.45. The van der Waals surface area contributed by atoms with Gasteiger partial charge in [0.1, 0.15) is 0 Å². The van der Waals surface area contributed by atoms with E-state index in [0.29, 0.717) is 12.5 Å². The molecule has 0 bridgehead atoms. The molecule has 19 heavy (non-hydrogen) atoms. The van der Waals surface area contributed by atoms with Gasteiger partial charge >= 0.3 is 0 Å². The quantitative estimate of drug-likeness (QED) is 0.855. The van der Waals surface area contributed by atoms with E-state index in [0.717, 1.165) is 18.4 Å². The maximum absolute atomic E-state index is 12.1. The number of rotatable bonds is 5. The summed E-state index contributed by atoms with van der Waals surface area (Å²) in [6.07, 6.45) is 1.85. The van der Waals surface area contributed by atoms with Crippen molar-refractivity contribution in [3.8, 4) is 0 Å². The molecular formula is C16H24N2O. The van der Waals surface area contributed by atoms with Crippen LogP contribution in [0.4, 0.5) is 0 Å². The van der Waals surface area contributed by atoms with Gasteiger partial charge in [-0.15, -0.1) is 0 Å². The summed E-state index contributed by atoms with van der Waals surface area (Å²) in [5.74, 6) is 0.640. The number of nitrogens with one attached hydrogen (secondary N) is 1. The van der Waals surface area contributed by atoms with Crippen LogP contribution in [-0.4, -0.2) is 12.5 Å². The number of carbonyl (C=O) groups is 1. The summed E-state index contributed by atoms with van der Waals surface area (Å²) in [4.78, 5) is 12.1. The van der Waals surface area contributed by atoms with Gasteiger partial charge in [-0.25, -0.2) is 0 Å². The topological polar surface area (TPSA) is 55.1 Å². The standard InChI is InChI=1S/C16H24N2O/c1-11(2)13-4-6-14(7-5-13)12(3)18-15(19)16(10-17)8-9-16/h4-7,11-12H,8-10,17H2,1-3H3,(H,18,19). The molecule has 1 unspecified atom stereocenters. The van der Waals surface area contributed by atoms with Gasteiger partial charge in [-0.05, 0) is 36.8 Å². The Hall–Kier alpha value is -1.35. The lowest BCUT2D eigenvalue weighted by atomic mass is 9.99. The zero-order valence-electron chi connectivity index (χ0n) is 12.1. The van der Waals surface area contributed by atoms with Gasteiger partial charge in [-0.1, -0.05) is 38.1 Å². The van der Waals surface area contributed by atoms with Gasteiger partial charge < -0.3 is 11.1 Å². The molecule has 0 aromatic heterocycles. The lowest BCUT2D eigenvalue weighted by molar-refractivity contribution is -0.126. The second-order valence-electron chi connectivity index (χ2n) is 6.00. The highest BCUT2D eigenvalue weighted by molar-refractivity contribution is 5.85. The van der Waals surface area contributed by atoms with Gasteiger partial charge in [0, 0.05) is 6.54 Å². The molecule has 0 heterocycles. The third-order valence-electron chi connectivity index (χ3n) is 4.18. The van der Waals surface area contributed by atoms with Crippen molar-refractivity contribution in [2.45, 2.75) is 45.6 Å². The van der Waals surface area contributed by atoms with Crippen LogP contribution in [0.25, 0.3) is 0 Å². The molecule has 1 fully saturated rings. The van der Waals surface area contributed by atoms with Crippen LogP contribution in [0.5, 0.6) is 0 Å². The van der Waals surface area contributed by atoms with E-state index >= 15 is 0 Å². The first-order chi connectivity index (χ1) is 8.98. The second kappa shape index (κ2) is 5.33. The molecule has 0 aliphatic heterocycles. The number of carbonyl (C=O) groups excluding carboxylic acids is 1. The lowest BCUT2D eigenvalue weighted by Gasteiger charge is -2.19. The van der Waals surface area contributed by atoms with Crippen LogP contribution in [0.15, 0.2) is 24.3 Å². The Morgan fingerprint density at radius 1 is 1.21 bits per heavy atom. The maximum atomic E-state index is 12.1. The summed E-state index contributed by atoms with van der Waals surface area (Å²) >= 11 is 0. The van der Waals surface area contributed by atoms with Gasteiger partial charge in [0.2, 0.25) is 5.91 Å². The van der Waals surface area contributed by atoms with Crippen molar-refractivity contribution in [1.29, 1.82) is 0 Å². The van der Waals surface area contributed by atoms with Crippen LogP contribution >= 0.6 is 0 Å². The van der Waals surface area contributed by atoms with E-state index in [1.54, 1.807) is 0 Å². The van der Waals surface area contributed by atoms with Gasteiger partial charge in [-0.3, -0.25) is 4.79 Å². The predicted molar refractivity (Wildman–Crippen MR) is 77.8 cm³/mol. The largest absolute Gasteiger partial charge is 0.349 e. The molecule has 1 aromatic carbocycles. The summed E-state index contributed by atoms with van der Waals surface area (Å²) < 4.78 is 0. The first-order valence-electron chi connectivity index (χ1n) is 7.09. The smallest absolute Gasteiger partial charge is 0.227 e. The Balaban J connectivity index is 2.00. The molecule has 1 saturated carbocycles. The molecule has 1 aromatic rings. The second-order valence-corrected chi connectivity index (χ2v) is 6.00. The van der Waals surface area contributed by atoms with Crippen LogP contribution in [0.2, 0.25) is 0 Å². The highest BCUT2D eigenvalue weighted by atomic mass is 16.2. The Morgan fingerprint density at radius 3 is 2.16 bits per heavy atom. The maximum Gasteiger partial charge on any atom is 0.227 e. The lowest BCUT2D eigenvalue weighted by Crippen LogP contribution is -2.37. The summed E-state index contributed by atoms with van der Waals surface area (Å²) in [6, 6.07) is 8.51. The molecule has 0 spiro atoms. The monoisotopic (exact) mass is 260 g/mol. The molecule has 3 nitrogen and oxygen atoms in total. The van der Waals surface area contributed by atoms with Crippen LogP contribution in [0.1, 0.15) is 56.7 Å². The van der Waals surface area contributed by atoms with E-state index in [1.807, 2.05) is 6.92 Å². The average molecular weight is 260 g/mol. The van der Waals surface area contributed by atoms with Gasteiger partial charge in [-0.2, -0.15) is 0 Å². The summed E-state index contributed by atoms with van der Waals surface area (Å²) in [5.41, 5.74) is 7.87. The van der Waals surface area contributed by atoms with E-state index in [2.05, 4.69) is 43.4 Å². The molecule has 3 heteroatoms. The fraction of sp³-hybridized carbons (Fsp3) is 0.562. The Kier molecular flexibility index (Phi) is 3.95. The summed E-state index contributed by atoms with van der Waals surface area (Å²) in [7, 11) is 0. The van der Waals surface area contributed by atoms with Crippen molar-refractivity contribution in [1.82, 2.24) is 5.32 Å². The van der Waals surface area contributed by atoms with Gasteiger partial charge in [0.15, 0.2) is 0 Å². The van der Waals surface area contributed by atoms with Crippen LogP contribution in [-0.2, 0) is 4.79 Å². The van der Waals surface area contributed by atoms with E-state index in [1.165, 1.54) is 5.56 Å². The van der Waals surface area contributed by atoms with Crippen molar-refractivity contribution < 1.29 is 4.79 Å². The fourth-order valence-electron chi connectivity index (χ4n) is 2.28. The number of benzene rings is 1. The molecular weight excluding hydrogens is 236 g/mol. The van der Waals surface area contributed by atoms with Gasteiger partial charge in [0.25, 0.3) is 0 Å². The molecule has 1 aliphatic carbocycles. The van der Waals surface area contributed by atoms with Crippen molar-refractivity contribution in [3.05, 3.63) is 35.4 Å². The molecule has 104 valence electrons. The first-order valence-corrected chi connectivity index (χ1v) is 7.09. The molecule has 1 aliphatic rings. The zero-order chi connectivity index (χ0) is 14.0. The van der Waals surface area contributed by atoms with Crippen molar-refractivity contribution >= 4 is 5.91 Å². The Morgan fingerprint density at radius 2 is 1.74 bits per heavy atom. The van der Waals surface area contributed by atoms with Crippen molar-refractivity contribution in [2.75, 3.05) is 6.54 Å². The summed E-state index contributed by atoms with van der Waals surface area (Å²) in [5, 5.41) is 3.08. The van der Waals surface area contributed by atoms with Crippen LogP contribution < -0.4 is 11.1 Å². The van der Waals surface area contributed by atoms with Crippen molar-refractivity contribution in [3.63, 3.8) is 0 Å². The molecule has 0 saturated heterocycles. The minimum absolute atomic E-state index is 0.0396. The SMILES string of the molecule is CC(C)c1ccc(C(C)NC(=O)C2(CN)CC2)cc1. The van der Waals surface area contributed by atoms with E-state index in [4.69, 9.17) is 5.73 Å².